The van der Waals surface area contributed by atoms with Crippen LogP contribution in [0.25, 0.3) is 0 Å². The van der Waals surface area contributed by atoms with E-state index in [4.69, 9.17) is 11.6 Å². The molecule has 2 N–H and O–H groups in total. The Morgan fingerprint density at radius 1 is 1.38 bits per heavy atom. The summed E-state index contributed by atoms with van der Waals surface area (Å²) in [5.74, 6) is 0.270. The van der Waals surface area contributed by atoms with E-state index in [2.05, 4.69) is 17.5 Å². The number of phenolic OH excluding ortho intramolecular Hbond substituents is 1. The first kappa shape index (κ1) is 11.5. The van der Waals surface area contributed by atoms with Crippen LogP contribution in [0.15, 0.2) is 30.4 Å². The van der Waals surface area contributed by atoms with Gasteiger partial charge in [0.1, 0.15) is 5.75 Å². The van der Waals surface area contributed by atoms with E-state index in [1.807, 2.05) is 0 Å². The quantitative estimate of drug-likeness (QED) is 0.791. The number of hydrogen-bond acceptors (Lipinski definition) is 2. The number of phenols is 1. The zero-order valence-electron chi connectivity index (χ0n) is 9.12. The molecule has 0 fully saturated rings. The highest BCUT2D eigenvalue weighted by molar-refractivity contribution is 6.31. The van der Waals surface area contributed by atoms with Crippen LogP contribution >= 0.6 is 11.6 Å². The second-order valence-corrected chi connectivity index (χ2v) is 4.51. The zero-order valence-corrected chi connectivity index (χ0v) is 9.87. The summed E-state index contributed by atoms with van der Waals surface area (Å²) in [5, 5.41) is 13.7. The fraction of sp³-hybridized carbons (Fsp3) is 0.385. The van der Waals surface area contributed by atoms with Gasteiger partial charge >= 0.3 is 0 Å². The molecule has 0 amide bonds. The molecule has 0 spiro atoms. The average Bonchev–Trinajstić information content (AvgIpc) is 2.30. The Kier molecular flexibility index (Phi) is 3.86. The normalized spacial score (nSPS) is 19.9. The Hall–Kier alpha value is -0.990. The van der Waals surface area contributed by atoms with Gasteiger partial charge in [-0.3, -0.25) is 0 Å². The van der Waals surface area contributed by atoms with Crippen molar-refractivity contribution in [1.29, 1.82) is 0 Å². The third-order valence-corrected chi connectivity index (χ3v) is 3.28. The van der Waals surface area contributed by atoms with Crippen molar-refractivity contribution in [3.8, 4) is 5.75 Å². The molecule has 0 aliphatic heterocycles. The van der Waals surface area contributed by atoms with E-state index in [1.165, 1.54) is 0 Å². The van der Waals surface area contributed by atoms with E-state index >= 15 is 0 Å². The van der Waals surface area contributed by atoms with Gasteiger partial charge in [-0.05, 0) is 31.4 Å². The molecule has 0 saturated carbocycles. The molecular weight excluding hydrogens is 222 g/mol. The van der Waals surface area contributed by atoms with Crippen molar-refractivity contribution in [1.82, 2.24) is 5.32 Å². The van der Waals surface area contributed by atoms with E-state index < -0.39 is 0 Å². The second-order valence-electron chi connectivity index (χ2n) is 4.10. The smallest absolute Gasteiger partial charge is 0.121 e. The van der Waals surface area contributed by atoms with E-state index in [0.717, 1.165) is 24.8 Å². The fourth-order valence-corrected chi connectivity index (χ4v) is 2.18. The number of rotatable bonds is 3. The van der Waals surface area contributed by atoms with Crippen LogP contribution in [0, 0.1) is 0 Å². The third kappa shape index (κ3) is 2.77. The lowest BCUT2D eigenvalue weighted by atomic mass is 10.0. The molecule has 1 aromatic carbocycles. The van der Waals surface area contributed by atoms with Crippen molar-refractivity contribution in [3.05, 3.63) is 40.9 Å². The van der Waals surface area contributed by atoms with Crippen molar-refractivity contribution >= 4 is 11.6 Å². The minimum atomic E-state index is 0.270. The lowest BCUT2D eigenvalue weighted by Crippen LogP contribution is -2.29. The Labute approximate surface area is 101 Å². The van der Waals surface area contributed by atoms with Gasteiger partial charge in [-0.1, -0.05) is 29.8 Å². The van der Waals surface area contributed by atoms with Crippen LogP contribution < -0.4 is 5.32 Å². The molecular formula is C13H16ClNO. The van der Waals surface area contributed by atoms with Crippen molar-refractivity contribution in [2.45, 2.75) is 31.8 Å². The summed E-state index contributed by atoms with van der Waals surface area (Å²) in [6.45, 7) is 0.629. The lowest BCUT2D eigenvalue weighted by molar-refractivity contribution is 0.444. The summed E-state index contributed by atoms with van der Waals surface area (Å²) >= 11 is 6.03. The standard InChI is InChI=1S/C13H16ClNO/c14-12-7-4-8-13(16)11(12)9-15-10-5-2-1-3-6-10/h1-2,4,7-8,10,15-16H,3,5-6,9H2. The van der Waals surface area contributed by atoms with E-state index in [-0.39, 0.29) is 5.75 Å². The molecule has 3 heteroatoms. The number of nitrogens with one attached hydrogen (secondary N) is 1. The summed E-state index contributed by atoms with van der Waals surface area (Å²) in [4.78, 5) is 0. The highest BCUT2D eigenvalue weighted by atomic mass is 35.5. The summed E-state index contributed by atoms with van der Waals surface area (Å²) in [5.41, 5.74) is 0.790. The first-order chi connectivity index (χ1) is 7.77. The van der Waals surface area contributed by atoms with Gasteiger partial charge in [-0.15, -0.1) is 0 Å². The van der Waals surface area contributed by atoms with Crippen LogP contribution in [0.1, 0.15) is 24.8 Å². The number of benzene rings is 1. The van der Waals surface area contributed by atoms with Crippen molar-refractivity contribution in [2.24, 2.45) is 0 Å². The Balaban J connectivity index is 1.96. The molecule has 0 bridgehead atoms. The fourth-order valence-electron chi connectivity index (χ4n) is 1.95. The molecule has 1 aromatic rings. The van der Waals surface area contributed by atoms with Crippen molar-refractivity contribution in [3.63, 3.8) is 0 Å². The van der Waals surface area contributed by atoms with E-state index in [1.54, 1.807) is 18.2 Å². The minimum absolute atomic E-state index is 0.270. The maximum absolute atomic E-state index is 9.68. The molecule has 0 heterocycles. The van der Waals surface area contributed by atoms with Gasteiger partial charge in [0, 0.05) is 23.2 Å². The van der Waals surface area contributed by atoms with Gasteiger partial charge in [-0.2, -0.15) is 0 Å². The van der Waals surface area contributed by atoms with Crippen molar-refractivity contribution < 1.29 is 5.11 Å². The minimum Gasteiger partial charge on any atom is -0.508 e. The van der Waals surface area contributed by atoms with Gasteiger partial charge in [0.05, 0.1) is 0 Å². The number of aromatic hydroxyl groups is 1. The average molecular weight is 238 g/mol. The summed E-state index contributed by atoms with van der Waals surface area (Å²) in [6, 6.07) is 5.73. The van der Waals surface area contributed by atoms with Crippen LogP contribution in [-0.2, 0) is 6.54 Å². The highest BCUT2D eigenvalue weighted by Crippen LogP contribution is 2.25. The topological polar surface area (TPSA) is 32.3 Å². The van der Waals surface area contributed by atoms with Crippen LogP contribution in [0.5, 0.6) is 5.75 Å². The van der Waals surface area contributed by atoms with Crippen molar-refractivity contribution in [2.75, 3.05) is 0 Å². The largest absolute Gasteiger partial charge is 0.508 e. The van der Waals surface area contributed by atoms with Gasteiger partial charge in [0.2, 0.25) is 0 Å². The summed E-state index contributed by atoms with van der Waals surface area (Å²) < 4.78 is 0. The molecule has 0 radical (unpaired) electrons. The first-order valence-electron chi connectivity index (χ1n) is 5.62. The van der Waals surface area contributed by atoms with E-state index in [0.29, 0.717) is 17.6 Å². The molecule has 2 rings (SSSR count). The van der Waals surface area contributed by atoms with Gasteiger partial charge in [-0.25, -0.2) is 0 Å². The molecule has 0 saturated heterocycles. The molecule has 0 aromatic heterocycles. The molecule has 1 unspecified atom stereocenters. The van der Waals surface area contributed by atoms with Gasteiger partial charge < -0.3 is 10.4 Å². The second kappa shape index (κ2) is 5.37. The van der Waals surface area contributed by atoms with Crippen LogP contribution in [0.4, 0.5) is 0 Å². The lowest BCUT2D eigenvalue weighted by Gasteiger charge is -2.20. The third-order valence-electron chi connectivity index (χ3n) is 2.93. The van der Waals surface area contributed by atoms with Gasteiger partial charge in [0.15, 0.2) is 0 Å². The molecule has 1 aliphatic rings. The Morgan fingerprint density at radius 2 is 2.25 bits per heavy atom. The Bertz CT molecular complexity index is 369. The molecule has 1 aliphatic carbocycles. The highest BCUT2D eigenvalue weighted by Gasteiger charge is 2.11. The molecule has 86 valence electrons. The molecule has 1 atom stereocenters. The SMILES string of the molecule is Oc1cccc(Cl)c1CNC1CC=CCC1. The van der Waals surface area contributed by atoms with Crippen LogP contribution in [-0.4, -0.2) is 11.1 Å². The maximum atomic E-state index is 9.68. The predicted octanol–water partition coefficient (Wildman–Crippen LogP) is 3.24. The Morgan fingerprint density at radius 3 is 2.94 bits per heavy atom. The predicted molar refractivity (Wildman–Crippen MR) is 66.7 cm³/mol. The van der Waals surface area contributed by atoms with Crippen LogP contribution in [0.3, 0.4) is 0 Å². The number of allylic oxidation sites excluding steroid dienone is 1. The number of halogens is 1. The zero-order chi connectivity index (χ0) is 11.4. The van der Waals surface area contributed by atoms with Gasteiger partial charge in [0.25, 0.3) is 0 Å². The monoisotopic (exact) mass is 237 g/mol. The number of hydrogen-bond donors (Lipinski definition) is 2. The summed E-state index contributed by atoms with van der Waals surface area (Å²) in [6.07, 6.45) is 7.76. The van der Waals surface area contributed by atoms with E-state index in [9.17, 15) is 5.11 Å². The molecule has 16 heavy (non-hydrogen) atoms. The summed E-state index contributed by atoms with van der Waals surface area (Å²) in [7, 11) is 0. The molecule has 2 nitrogen and oxygen atoms in total. The first-order valence-corrected chi connectivity index (χ1v) is 6.00. The van der Waals surface area contributed by atoms with Crippen LogP contribution in [0.2, 0.25) is 5.02 Å². The maximum Gasteiger partial charge on any atom is 0.121 e.